The first-order valence-corrected chi connectivity index (χ1v) is 9.66. The number of nitrogen functional groups attached to an aromatic ring is 1. The van der Waals surface area contributed by atoms with Crippen molar-refractivity contribution in [1.82, 2.24) is 20.0 Å². The van der Waals surface area contributed by atoms with E-state index in [9.17, 15) is 4.79 Å². The second-order valence-corrected chi connectivity index (χ2v) is 7.07. The van der Waals surface area contributed by atoms with Crippen molar-refractivity contribution < 1.29 is 4.79 Å². The highest BCUT2D eigenvalue weighted by Gasteiger charge is 2.20. The molecule has 3 N–H and O–H groups in total. The van der Waals surface area contributed by atoms with Crippen molar-refractivity contribution in [1.29, 1.82) is 0 Å². The van der Waals surface area contributed by atoms with E-state index in [4.69, 9.17) is 5.73 Å². The number of hydrogen-bond donors (Lipinski definition) is 2. The van der Waals surface area contributed by atoms with Gasteiger partial charge in [-0.15, -0.1) is 0 Å². The molecule has 1 amide bonds. The third kappa shape index (κ3) is 3.51. The molecule has 0 radical (unpaired) electrons. The van der Waals surface area contributed by atoms with E-state index in [1.165, 1.54) is 0 Å². The highest BCUT2D eigenvalue weighted by molar-refractivity contribution is 5.96. The van der Waals surface area contributed by atoms with Crippen LogP contribution in [0.3, 0.4) is 0 Å². The van der Waals surface area contributed by atoms with Crippen LogP contribution in [0.2, 0.25) is 0 Å². The number of nitrogens with zero attached hydrogens (tertiary/aromatic N) is 3. The molecule has 144 valence electrons. The van der Waals surface area contributed by atoms with E-state index in [1.54, 1.807) is 4.68 Å². The number of amides is 1. The first kappa shape index (κ1) is 18.3. The summed E-state index contributed by atoms with van der Waals surface area (Å²) in [6.07, 6.45) is 0.974. The summed E-state index contributed by atoms with van der Waals surface area (Å²) in [5, 5.41) is 7.95. The van der Waals surface area contributed by atoms with Crippen molar-refractivity contribution in [2.45, 2.75) is 13.3 Å². The number of hydrogen-bond acceptors (Lipinski definition) is 4. The zero-order valence-electron chi connectivity index (χ0n) is 16.1. The molecule has 1 aliphatic heterocycles. The van der Waals surface area contributed by atoms with E-state index in [0.717, 1.165) is 55.1 Å². The number of carbonyl (C=O) groups is 1. The monoisotopic (exact) mass is 375 g/mol. The number of aryl methyl sites for hydroxylation is 1. The number of anilines is 1. The molecular formula is C22H25N5O. The summed E-state index contributed by atoms with van der Waals surface area (Å²) in [6.45, 7) is 5.25. The van der Waals surface area contributed by atoms with Gasteiger partial charge in [-0.3, -0.25) is 4.79 Å². The zero-order valence-corrected chi connectivity index (χ0v) is 16.1. The van der Waals surface area contributed by atoms with Crippen LogP contribution in [0.4, 0.5) is 5.82 Å². The molecule has 0 atom stereocenters. The van der Waals surface area contributed by atoms with Gasteiger partial charge in [0.2, 0.25) is 0 Å². The van der Waals surface area contributed by atoms with Crippen molar-refractivity contribution in [2.24, 2.45) is 0 Å². The van der Waals surface area contributed by atoms with Crippen molar-refractivity contribution in [3.8, 4) is 16.8 Å². The van der Waals surface area contributed by atoms with Crippen molar-refractivity contribution in [3.05, 3.63) is 65.9 Å². The van der Waals surface area contributed by atoms with Crippen LogP contribution in [0, 0.1) is 6.92 Å². The van der Waals surface area contributed by atoms with Gasteiger partial charge in [-0.05, 0) is 49.7 Å². The summed E-state index contributed by atoms with van der Waals surface area (Å²) in [5.41, 5.74) is 10.7. The molecule has 3 aromatic rings. The SMILES string of the molecule is Cc1nn(-c2ccccc2)c(N)c1-c1cccc(C(=O)N2CCCNCC2)c1. The smallest absolute Gasteiger partial charge is 0.253 e. The van der Waals surface area contributed by atoms with E-state index in [-0.39, 0.29) is 5.91 Å². The predicted molar refractivity (Wildman–Crippen MR) is 112 cm³/mol. The Morgan fingerprint density at radius 2 is 1.89 bits per heavy atom. The Hall–Kier alpha value is -3.12. The number of benzene rings is 2. The largest absolute Gasteiger partial charge is 0.383 e. The zero-order chi connectivity index (χ0) is 19.5. The van der Waals surface area contributed by atoms with Gasteiger partial charge >= 0.3 is 0 Å². The number of nitrogens with two attached hydrogens (primary N) is 1. The van der Waals surface area contributed by atoms with Crippen LogP contribution in [0.5, 0.6) is 0 Å². The van der Waals surface area contributed by atoms with E-state index in [1.807, 2.05) is 66.4 Å². The molecule has 1 aromatic heterocycles. The van der Waals surface area contributed by atoms with Crippen LogP contribution < -0.4 is 11.1 Å². The summed E-state index contributed by atoms with van der Waals surface area (Å²) in [6, 6.07) is 17.5. The fraction of sp³-hybridized carbons (Fsp3) is 0.273. The highest BCUT2D eigenvalue weighted by atomic mass is 16.2. The Morgan fingerprint density at radius 1 is 1.07 bits per heavy atom. The fourth-order valence-electron chi connectivity index (χ4n) is 3.71. The summed E-state index contributed by atoms with van der Waals surface area (Å²) in [7, 11) is 0. The van der Waals surface area contributed by atoms with Gasteiger partial charge < -0.3 is 16.0 Å². The molecule has 4 rings (SSSR count). The van der Waals surface area contributed by atoms with Gasteiger partial charge in [-0.25, -0.2) is 4.68 Å². The number of carbonyl (C=O) groups excluding carboxylic acids is 1. The average molecular weight is 375 g/mol. The Bertz CT molecular complexity index is 972. The third-order valence-corrected chi connectivity index (χ3v) is 5.12. The molecule has 1 fully saturated rings. The molecule has 1 aliphatic rings. The minimum Gasteiger partial charge on any atom is -0.383 e. The Morgan fingerprint density at radius 3 is 2.71 bits per heavy atom. The molecule has 0 aliphatic carbocycles. The van der Waals surface area contributed by atoms with Gasteiger partial charge in [0.1, 0.15) is 5.82 Å². The Balaban J connectivity index is 1.68. The number of aromatic nitrogens is 2. The standard InChI is InChI=1S/C22H25N5O/c1-16-20(21(23)27(25-16)19-9-3-2-4-10-19)17-7-5-8-18(15-17)22(28)26-13-6-11-24-12-14-26/h2-5,7-10,15,24H,6,11-14,23H2,1H3. The van der Waals surface area contributed by atoms with Crippen molar-refractivity contribution >= 4 is 11.7 Å². The summed E-state index contributed by atoms with van der Waals surface area (Å²) in [5.74, 6) is 0.643. The van der Waals surface area contributed by atoms with Gasteiger partial charge in [-0.2, -0.15) is 5.10 Å². The lowest BCUT2D eigenvalue weighted by molar-refractivity contribution is 0.0766. The van der Waals surface area contributed by atoms with Crippen LogP contribution in [0.25, 0.3) is 16.8 Å². The normalized spacial score (nSPS) is 14.7. The molecular weight excluding hydrogens is 350 g/mol. The summed E-state index contributed by atoms with van der Waals surface area (Å²) < 4.78 is 1.75. The van der Waals surface area contributed by atoms with Crippen LogP contribution in [0.1, 0.15) is 22.5 Å². The quantitative estimate of drug-likeness (QED) is 0.738. The maximum absolute atomic E-state index is 13.0. The molecule has 28 heavy (non-hydrogen) atoms. The molecule has 0 bridgehead atoms. The first-order chi connectivity index (χ1) is 13.6. The van der Waals surface area contributed by atoms with Crippen LogP contribution in [-0.4, -0.2) is 46.8 Å². The van der Waals surface area contributed by atoms with E-state index in [0.29, 0.717) is 11.4 Å². The maximum Gasteiger partial charge on any atom is 0.253 e. The minimum absolute atomic E-state index is 0.0669. The Kier molecular flexibility index (Phi) is 5.12. The molecule has 1 saturated heterocycles. The second kappa shape index (κ2) is 7.86. The molecule has 2 aromatic carbocycles. The van der Waals surface area contributed by atoms with Gasteiger partial charge in [0, 0.05) is 30.8 Å². The Labute approximate surface area is 165 Å². The van der Waals surface area contributed by atoms with E-state index in [2.05, 4.69) is 10.4 Å². The lowest BCUT2D eigenvalue weighted by Crippen LogP contribution is -2.34. The second-order valence-electron chi connectivity index (χ2n) is 7.07. The number of para-hydroxylation sites is 1. The van der Waals surface area contributed by atoms with E-state index < -0.39 is 0 Å². The van der Waals surface area contributed by atoms with Gasteiger partial charge in [0.15, 0.2) is 0 Å². The third-order valence-electron chi connectivity index (χ3n) is 5.12. The molecule has 6 nitrogen and oxygen atoms in total. The molecule has 0 unspecified atom stereocenters. The molecule has 6 heteroatoms. The lowest BCUT2D eigenvalue weighted by Gasteiger charge is -2.20. The van der Waals surface area contributed by atoms with Gasteiger partial charge in [0.05, 0.1) is 11.4 Å². The van der Waals surface area contributed by atoms with Crippen molar-refractivity contribution in [3.63, 3.8) is 0 Å². The van der Waals surface area contributed by atoms with Gasteiger partial charge in [0.25, 0.3) is 5.91 Å². The highest BCUT2D eigenvalue weighted by Crippen LogP contribution is 2.31. The fourth-order valence-corrected chi connectivity index (χ4v) is 3.71. The molecule has 0 saturated carbocycles. The average Bonchev–Trinajstić information content (AvgIpc) is 2.90. The topological polar surface area (TPSA) is 76.2 Å². The van der Waals surface area contributed by atoms with E-state index >= 15 is 0 Å². The first-order valence-electron chi connectivity index (χ1n) is 9.66. The predicted octanol–water partition coefficient (Wildman–Crippen LogP) is 2.87. The summed E-state index contributed by atoms with van der Waals surface area (Å²) in [4.78, 5) is 14.9. The van der Waals surface area contributed by atoms with Crippen LogP contribution in [0.15, 0.2) is 54.6 Å². The maximum atomic E-state index is 13.0. The minimum atomic E-state index is 0.0669. The van der Waals surface area contributed by atoms with Gasteiger partial charge in [-0.1, -0.05) is 30.3 Å². The lowest BCUT2D eigenvalue weighted by atomic mass is 10.0. The summed E-state index contributed by atoms with van der Waals surface area (Å²) >= 11 is 0. The van der Waals surface area contributed by atoms with Crippen LogP contribution >= 0.6 is 0 Å². The number of rotatable bonds is 3. The van der Waals surface area contributed by atoms with Crippen molar-refractivity contribution in [2.75, 3.05) is 31.9 Å². The van der Waals surface area contributed by atoms with Crippen LogP contribution in [-0.2, 0) is 0 Å². The molecule has 0 spiro atoms. The molecule has 2 heterocycles. The number of nitrogens with one attached hydrogen (secondary N) is 1.